The monoisotopic (exact) mass is 446 g/mol. The first-order valence-corrected chi connectivity index (χ1v) is 9.72. The maximum atomic E-state index is 13.2. The van der Waals surface area contributed by atoms with E-state index in [1.54, 1.807) is 48.7 Å². The first kappa shape index (κ1) is 21.5. The third-order valence-corrected chi connectivity index (χ3v) is 4.95. The Morgan fingerprint density at radius 2 is 1.82 bits per heavy atom. The van der Waals surface area contributed by atoms with Crippen LogP contribution in [0.2, 0.25) is 0 Å². The molecular weight excluding hydrogens is 428 g/mol. The number of nitro groups is 1. The Balaban J connectivity index is 1.72. The molecule has 0 fully saturated rings. The molecule has 4 rings (SSSR count). The summed E-state index contributed by atoms with van der Waals surface area (Å²) in [5.41, 5.74) is 0.762. The third kappa shape index (κ3) is 4.09. The van der Waals surface area contributed by atoms with E-state index >= 15 is 0 Å². The summed E-state index contributed by atoms with van der Waals surface area (Å²) >= 11 is 0. The first-order chi connectivity index (χ1) is 15.9. The van der Waals surface area contributed by atoms with Crippen molar-refractivity contribution in [3.05, 3.63) is 93.9 Å². The van der Waals surface area contributed by atoms with Gasteiger partial charge in [0.25, 0.3) is 5.91 Å². The lowest BCUT2D eigenvalue weighted by atomic mass is 10.1. The Bertz CT molecular complexity index is 1390. The average molecular weight is 446 g/mol. The molecule has 0 radical (unpaired) electrons. The minimum Gasteiger partial charge on any atom is -0.497 e. The summed E-state index contributed by atoms with van der Waals surface area (Å²) in [4.78, 5) is 40.9. The lowest BCUT2D eigenvalue weighted by Gasteiger charge is -2.05. The fourth-order valence-electron chi connectivity index (χ4n) is 3.33. The number of carbonyl (C=O) groups excluding carboxylic acids is 2. The van der Waals surface area contributed by atoms with Gasteiger partial charge in [0.05, 0.1) is 24.7 Å². The Labute approximate surface area is 187 Å². The Hall–Kier alpha value is -4.73. The van der Waals surface area contributed by atoms with Crippen LogP contribution in [0, 0.1) is 10.1 Å². The smallest absolute Gasteiger partial charge is 0.310 e. The van der Waals surface area contributed by atoms with E-state index in [1.807, 2.05) is 0 Å². The van der Waals surface area contributed by atoms with Gasteiger partial charge in [-0.15, -0.1) is 0 Å². The van der Waals surface area contributed by atoms with Gasteiger partial charge in [-0.2, -0.15) is 0 Å². The number of carbonyl (C=O) groups is 2. The molecule has 0 unspecified atom stereocenters. The molecule has 4 aromatic rings. The number of benzene rings is 2. The fourth-order valence-corrected chi connectivity index (χ4v) is 3.33. The topological polar surface area (TPSA) is 125 Å². The second-order valence-electron chi connectivity index (χ2n) is 6.90. The van der Waals surface area contributed by atoms with E-state index in [1.165, 1.54) is 36.8 Å². The molecule has 1 amide bonds. The molecule has 33 heavy (non-hydrogen) atoms. The van der Waals surface area contributed by atoms with E-state index in [-0.39, 0.29) is 28.6 Å². The lowest BCUT2D eigenvalue weighted by Crippen LogP contribution is -2.12. The zero-order chi connectivity index (χ0) is 23.5. The summed E-state index contributed by atoms with van der Waals surface area (Å²) in [5, 5.41) is 13.9. The van der Waals surface area contributed by atoms with E-state index < -0.39 is 16.6 Å². The summed E-state index contributed by atoms with van der Waals surface area (Å²) in [5.74, 6) is -0.207. The van der Waals surface area contributed by atoms with Gasteiger partial charge in [-0.05, 0) is 42.5 Å². The van der Waals surface area contributed by atoms with E-state index in [0.29, 0.717) is 16.8 Å². The third-order valence-electron chi connectivity index (χ3n) is 4.95. The standard InChI is InChI=1S/C23H18N4O6/c1-32-16-7-5-6-15(12-16)23(29)25-21-18-8-3-4-11-26(18)22(24-21)20(28)14-9-10-17(27(30)31)19(13-14)33-2/h3-13H,1-2H3,(H,25,29). The van der Waals surface area contributed by atoms with Crippen LogP contribution in [0.4, 0.5) is 11.5 Å². The number of aromatic nitrogens is 2. The summed E-state index contributed by atoms with van der Waals surface area (Å²) in [6.07, 6.45) is 1.64. The molecule has 10 heteroatoms. The molecule has 2 heterocycles. The number of fused-ring (bicyclic) bond motifs is 1. The largest absolute Gasteiger partial charge is 0.497 e. The van der Waals surface area contributed by atoms with E-state index in [2.05, 4.69) is 10.3 Å². The van der Waals surface area contributed by atoms with E-state index in [0.717, 1.165) is 0 Å². The van der Waals surface area contributed by atoms with Crippen LogP contribution >= 0.6 is 0 Å². The number of amides is 1. The number of hydrogen-bond acceptors (Lipinski definition) is 7. The molecule has 2 aromatic carbocycles. The minimum atomic E-state index is -0.593. The van der Waals surface area contributed by atoms with Crippen LogP contribution in [-0.2, 0) is 0 Å². The van der Waals surface area contributed by atoms with Gasteiger partial charge in [-0.25, -0.2) is 4.98 Å². The number of pyridine rings is 1. The molecule has 0 bridgehead atoms. The summed E-state index contributed by atoms with van der Waals surface area (Å²) in [6.45, 7) is 0. The number of methoxy groups -OCH3 is 2. The van der Waals surface area contributed by atoms with Gasteiger partial charge in [0.1, 0.15) is 5.75 Å². The van der Waals surface area contributed by atoms with Crippen molar-refractivity contribution in [3.8, 4) is 11.5 Å². The zero-order valence-electron chi connectivity index (χ0n) is 17.6. The van der Waals surface area contributed by atoms with Crippen molar-refractivity contribution in [3.63, 3.8) is 0 Å². The van der Waals surface area contributed by atoms with Crippen molar-refractivity contribution in [1.82, 2.24) is 9.38 Å². The predicted molar refractivity (Wildman–Crippen MR) is 119 cm³/mol. The minimum absolute atomic E-state index is 0.0300. The second kappa shape index (κ2) is 8.79. The van der Waals surface area contributed by atoms with Crippen LogP contribution in [0.15, 0.2) is 66.9 Å². The molecule has 0 aliphatic rings. The highest BCUT2D eigenvalue weighted by molar-refractivity contribution is 6.10. The molecule has 2 aromatic heterocycles. The molecule has 0 atom stereocenters. The Morgan fingerprint density at radius 1 is 1.00 bits per heavy atom. The van der Waals surface area contributed by atoms with Crippen LogP contribution in [-0.4, -0.2) is 40.2 Å². The molecule has 0 saturated heterocycles. The maximum absolute atomic E-state index is 13.2. The van der Waals surface area contributed by atoms with Gasteiger partial charge in [0, 0.05) is 23.4 Å². The molecule has 166 valence electrons. The normalized spacial score (nSPS) is 10.6. The van der Waals surface area contributed by atoms with Crippen molar-refractivity contribution >= 4 is 28.7 Å². The SMILES string of the molecule is COc1cccc(C(=O)Nc2nc(C(=O)c3ccc([N+](=O)[O-])c(OC)c3)n3ccccc23)c1. The van der Waals surface area contributed by atoms with Gasteiger partial charge >= 0.3 is 5.69 Å². The van der Waals surface area contributed by atoms with Gasteiger partial charge in [-0.1, -0.05) is 12.1 Å². The van der Waals surface area contributed by atoms with Crippen LogP contribution in [0.1, 0.15) is 26.5 Å². The van der Waals surface area contributed by atoms with E-state index in [9.17, 15) is 19.7 Å². The fraction of sp³-hybridized carbons (Fsp3) is 0.0870. The number of ketones is 1. The van der Waals surface area contributed by atoms with Crippen LogP contribution in [0.25, 0.3) is 5.52 Å². The average Bonchev–Trinajstić information content (AvgIpc) is 3.21. The summed E-state index contributed by atoms with van der Waals surface area (Å²) in [7, 11) is 2.79. The molecule has 0 aliphatic carbocycles. The number of imidazole rings is 1. The number of nitro benzene ring substituents is 1. The lowest BCUT2D eigenvalue weighted by molar-refractivity contribution is -0.385. The number of rotatable bonds is 7. The highest BCUT2D eigenvalue weighted by Gasteiger charge is 2.23. The van der Waals surface area contributed by atoms with Crippen molar-refractivity contribution in [2.24, 2.45) is 0 Å². The molecule has 10 nitrogen and oxygen atoms in total. The number of anilines is 1. The Morgan fingerprint density at radius 3 is 2.55 bits per heavy atom. The van der Waals surface area contributed by atoms with Crippen LogP contribution in [0.5, 0.6) is 11.5 Å². The van der Waals surface area contributed by atoms with Crippen molar-refractivity contribution in [2.45, 2.75) is 0 Å². The molecule has 1 N–H and O–H groups in total. The van der Waals surface area contributed by atoms with Crippen molar-refractivity contribution < 1.29 is 24.0 Å². The number of hydrogen-bond donors (Lipinski definition) is 1. The van der Waals surface area contributed by atoms with E-state index in [4.69, 9.17) is 9.47 Å². The zero-order valence-corrected chi connectivity index (χ0v) is 17.6. The van der Waals surface area contributed by atoms with Crippen LogP contribution in [0.3, 0.4) is 0 Å². The van der Waals surface area contributed by atoms with Crippen LogP contribution < -0.4 is 14.8 Å². The molecular formula is C23H18N4O6. The summed E-state index contributed by atoms with van der Waals surface area (Å²) in [6, 6.07) is 15.6. The molecule has 0 aliphatic heterocycles. The first-order valence-electron chi connectivity index (χ1n) is 9.72. The second-order valence-corrected chi connectivity index (χ2v) is 6.90. The van der Waals surface area contributed by atoms with Crippen molar-refractivity contribution in [2.75, 3.05) is 19.5 Å². The number of nitrogens with one attached hydrogen (secondary N) is 1. The highest BCUT2D eigenvalue weighted by atomic mass is 16.6. The van der Waals surface area contributed by atoms with Gasteiger partial charge in [0.15, 0.2) is 17.4 Å². The predicted octanol–water partition coefficient (Wildman–Crippen LogP) is 3.74. The molecule has 0 saturated carbocycles. The van der Waals surface area contributed by atoms with Gasteiger partial charge < -0.3 is 14.8 Å². The highest BCUT2D eigenvalue weighted by Crippen LogP contribution is 2.29. The summed E-state index contributed by atoms with van der Waals surface area (Å²) < 4.78 is 11.8. The quantitative estimate of drug-likeness (QED) is 0.260. The van der Waals surface area contributed by atoms with Crippen molar-refractivity contribution in [1.29, 1.82) is 0 Å². The van der Waals surface area contributed by atoms with Gasteiger partial charge in [0.2, 0.25) is 5.78 Å². The van der Waals surface area contributed by atoms with Gasteiger partial charge in [-0.3, -0.25) is 24.1 Å². The molecule has 0 spiro atoms. The Kier molecular flexibility index (Phi) is 5.73. The number of ether oxygens (including phenoxy) is 2. The maximum Gasteiger partial charge on any atom is 0.310 e. The number of nitrogens with zero attached hydrogens (tertiary/aromatic N) is 3.